The van der Waals surface area contributed by atoms with Crippen LogP contribution in [0.2, 0.25) is 0 Å². The lowest BCUT2D eigenvalue weighted by molar-refractivity contribution is 0.602. The Kier molecular flexibility index (Phi) is 4.37. The first-order chi connectivity index (χ1) is 9.79. The number of hydrogen-bond acceptors (Lipinski definition) is 3. The lowest BCUT2D eigenvalue weighted by Crippen LogP contribution is -2.06. The van der Waals surface area contributed by atoms with Crippen LogP contribution in [0.25, 0.3) is 0 Å². The Morgan fingerprint density at radius 3 is 2.14 bits per heavy atom. The number of anilines is 1. The second kappa shape index (κ2) is 5.90. The lowest BCUT2D eigenvalue weighted by Gasteiger charge is -2.14. The molecule has 0 aromatic heterocycles. The summed E-state index contributed by atoms with van der Waals surface area (Å²) in [5, 5.41) is 3.36. The van der Waals surface area contributed by atoms with Gasteiger partial charge in [-0.1, -0.05) is 24.3 Å². The average Bonchev–Trinajstić information content (AvgIpc) is 2.38. The summed E-state index contributed by atoms with van der Waals surface area (Å²) in [7, 11) is -3.18. The van der Waals surface area contributed by atoms with Crippen LogP contribution in [0.3, 0.4) is 0 Å². The summed E-state index contributed by atoms with van der Waals surface area (Å²) in [6.07, 6.45) is 1.23. The number of hydrogen-bond donors (Lipinski definition) is 1. The Morgan fingerprint density at radius 2 is 1.57 bits per heavy atom. The maximum absolute atomic E-state index is 11.7. The summed E-state index contributed by atoms with van der Waals surface area (Å²) >= 11 is 0. The quantitative estimate of drug-likeness (QED) is 0.938. The van der Waals surface area contributed by atoms with E-state index in [0.717, 1.165) is 11.3 Å². The highest BCUT2D eigenvalue weighted by atomic mass is 32.2. The van der Waals surface area contributed by atoms with Crippen LogP contribution in [0, 0.1) is 20.8 Å². The van der Waals surface area contributed by atoms with Crippen molar-refractivity contribution in [1.82, 2.24) is 0 Å². The van der Waals surface area contributed by atoms with Gasteiger partial charge >= 0.3 is 0 Å². The molecular weight excluding hydrogens is 282 g/mol. The van der Waals surface area contributed by atoms with Crippen molar-refractivity contribution in [3.63, 3.8) is 0 Å². The van der Waals surface area contributed by atoms with Gasteiger partial charge in [0.25, 0.3) is 0 Å². The summed E-state index contributed by atoms with van der Waals surface area (Å²) in [6.45, 7) is 6.83. The molecular formula is C17H21NO2S. The third kappa shape index (κ3) is 3.64. The fourth-order valence-electron chi connectivity index (χ4n) is 2.33. The molecule has 2 aromatic rings. The first-order valence-corrected chi connectivity index (χ1v) is 8.78. The molecule has 4 heteroatoms. The summed E-state index contributed by atoms with van der Waals surface area (Å²) in [5.74, 6) is 0. The van der Waals surface area contributed by atoms with Gasteiger partial charge in [-0.05, 0) is 55.2 Å². The molecule has 0 bridgehead atoms. The molecule has 3 nitrogen and oxygen atoms in total. The molecule has 0 saturated carbocycles. The molecule has 0 radical (unpaired) electrons. The van der Waals surface area contributed by atoms with Gasteiger partial charge in [-0.3, -0.25) is 0 Å². The van der Waals surface area contributed by atoms with E-state index in [4.69, 9.17) is 0 Å². The molecule has 1 N–H and O–H groups in total. The minimum absolute atomic E-state index is 0.345. The van der Waals surface area contributed by atoms with Crippen molar-refractivity contribution in [3.05, 3.63) is 58.7 Å². The van der Waals surface area contributed by atoms with E-state index in [1.807, 2.05) is 19.1 Å². The molecule has 0 amide bonds. The van der Waals surface area contributed by atoms with Gasteiger partial charge < -0.3 is 5.32 Å². The Bertz CT molecular complexity index is 744. The second-order valence-electron chi connectivity index (χ2n) is 5.47. The van der Waals surface area contributed by atoms with Gasteiger partial charge in [0, 0.05) is 18.5 Å². The number of sulfone groups is 1. The maximum Gasteiger partial charge on any atom is 0.175 e. The summed E-state index contributed by atoms with van der Waals surface area (Å²) in [5.41, 5.74) is 5.62. The molecule has 0 aliphatic rings. The zero-order valence-electron chi connectivity index (χ0n) is 12.9. The average molecular weight is 303 g/mol. The van der Waals surface area contributed by atoms with Crippen LogP contribution in [0.5, 0.6) is 0 Å². The zero-order chi connectivity index (χ0) is 15.6. The predicted octanol–water partition coefficient (Wildman–Crippen LogP) is 3.63. The van der Waals surface area contributed by atoms with E-state index in [2.05, 4.69) is 31.3 Å². The van der Waals surface area contributed by atoms with Gasteiger partial charge in [-0.2, -0.15) is 0 Å². The first kappa shape index (κ1) is 15.6. The van der Waals surface area contributed by atoms with Gasteiger partial charge in [0.05, 0.1) is 4.90 Å². The topological polar surface area (TPSA) is 46.2 Å². The predicted molar refractivity (Wildman–Crippen MR) is 87.5 cm³/mol. The number of benzene rings is 2. The SMILES string of the molecule is Cc1ccc(S(C)(=O)=O)cc1NCc1c(C)cccc1C. The van der Waals surface area contributed by atoms with E-state index in [-0.39, 0.29) is 0 Å². The van der Waals surface area contributed by atoms with Crippen molar-refractivity contribution < 1.29 is 8.42 Å². The molecule has 0 aliphatic carbocycles. The molecule has 0 aliphatic heterocycles. The third-order valence-corrected chi connectivity index (χ3v) is 4.85. The maximum atomic E-state index is 11.7. The smallest absolute Gasteiger partial charge is 0.175 e. The molecule has 0 atom stereocenters. The highest BCUT2D eigenvalue weighted by Crippen LogP contribution is 2.22. The monoisotopic (exact) mass is 303 g/mol. The second-order valence-corrected chi connectivity index (χ2v) is 7.49. The van der Waals surface area contributed by atoms with Crippen LogP contribution >= 0.6 is 0 Å². The number of rotatable bonds is 4. The molecule has 0 saturated heterocycles. The van der Waals surface area contributed by atoms with Crippen molar-refractivity contribution in [2.75, 3.05) is 11.6 Å². The van der Waals surface area contributed by atoms with Crippen LogP contribution in [-0.2, 0) is 16.4 Å². The molecule has 0 fully saturated rings. The molecule has 2 aromatic carbocycles. The largest absolute Gasteiger partial charge is 0.381 e. The van der Waals surface area contributed by atoms with E-state index < -0.39 is 9.84 Å². The van der Waals surface area contributed by atoms with E-state index in [1.165, 1.54) is 22.9 Å². The van der Waals surface area contributed by atoms with E-state index in [0.29, 0.717) is 11.4 Å². The summed E-state index contributed by atoms with van der Waals surface area (Å²) in [6, 6.07) is 11.4. The Morgan fingerprint density at radius 1 is 0.952 bits per heavy atom. The minimum atomic E-state index is -3.18. The molecule has 2 rings (SSSR count). The lowest BCUT2D eigenvalue weighted by atomic mass is 10.0. The molecule has 0 heterocycles. The van der Waals surface area contributed by atoms with Crippen LogP contribution in [0.4, 0.5) is 5.69 Å². The van der Waals surface area contributed by atoms with Crippen LogP contribution in [0.15, 0.2) is 41.3 Å². The Hall–Kier alpha value is -1.81. The normalized spacial score (nSPS) is 11.4. The highest BCUT2D eigenvalue weighted by molar-refractivity contribution is 7.90. The minimum Gasteiger partial charge on any atom is -0.381 e. The summed E-state index contributed by atoms with van der Waals surface area (Å²) < 4.78 is 23.3. The van der Waals surface area contributed by atoms with Gasteiger partial charge in [-0.15, -0.1) is 0 Å². The summed E-state index contributed by atoms with van der Waals surface area (Å²) in [4.78, 5) is 0.345. The van der Waals surface area contributed by atoms with Crippen molar-refractivity contribution in [3.8, 4) is 0 Å². The standard InChI is InChI=1S/C17H21NO2S/c1-12-6-5-7-13(2)16(12)11-18-17-10-15(21(4,19)20)9-8-14(17)3/h5-10,18H,11H2,1-4H3. The van der Waals surface area contributed by atoms with Gasteiger partial charge in [0.1, 0.15) is 0 Å². The van der Waals surface area contributed by atoms with E-state index >= 15 is 0 Å². The zero-order valence-corrected chi connectivity index (χ0v) is 13.7. The van der Waals surface area contributed by atoms with Crippen LogP contribution < -0.4 is 5.32 Å². The van der Waals surface area contributed by atoms with Crippen molar-refractivity contribution >= 4 is 15.5 Å². The molecule has 0 unspecified atom stereocenters. The van der Waals surface area contributed by atoms with Crippen molar-refractivity contribution in [1.29, 1.82) is 0 Å². The van der Waals surface area contributed by atoms with E-state index in [1.54, 1.807) is 12.1 Å². The molecule has 21 heavy (non-hydrogen) atoms. The van der Waals surface area contributed by atoms with Crippen LogP contribution in [0.1, 0.15) is 22.3 Å². The molecule has 0 spiro atoms. The fraction of sp³-hybridized carbons (Fsp3) is 0.294. The first-order valence-electron chi connectivity index (χ1n) is 6.88. The van der Waals surface area contributed by atoms with Crippen LogP contribution in [-0.4, -0.2) is 14.7 Å². The van der Waals surface area contributed by atoms with Gasteiger partial charge in [0.15, 0.2) is 9.84 Å². The van der Waals surface area contributed by atoms with Gasteiger partial charge in [-0.25, -0.2) is 8.42 Å². The van der Waals surface area contributed by atoms with E-state index in [9.17, 15) is 8.42 Å². The van der Waals surface area contributed by atoms with Gasteiger partial charge in [0.2, 0.25) is 0 Å². The highest BCUT2D eigenvalue weighted by Gasteiger charge is 2.10. The third-order valence-electron chi connectivity index (χ3n) is 3.74. The number of nitrogens with one attached hydrogen (secondary N) is 1. The fourth-order valence-corrected chi connectivity index (χ4v) is 2.98. The molecule has 112 valence electrons. The number of aryl methyl sites for hydroxylation is 3. The Balaban J connectivity index is 2.28. The van der Waals surface area contributed by atoms with Crippen molar-refractivity contribution in [2.45, 2.75) is 32.2 Å². The Labute approximate surface area is 126 Å². The van der Waals surface area contributed by atoms with Crippen molar-refractivity contribution in [2.24, 2.45) is 0 Å².